The van der Waals surface area contributed by atoms with Crippen molar-refractivity contribution < 1.29 is 70.5 Å². The van der Waals surface area contributed by atoms with Crippen LogP contribution in [0, 0.1) is 0 Å². The van der Waals surface area contributed by atoms with Crippen molar-refractivity contribution in [2.75, 3.05) is 44.6 Å². The number of rotatable bonds is 20. The van der Waals surface area contributed by atoms with Gasteiger partial charge in [-0.05, 0) is 13.8 Å². The molecule has 2 aromatic heterocycles. The van der Waals surface area contributed by atoms with Gasteiger partial charge in [-0.2, -0.15) is 8.62 Å². The molecule has 2 aromatic rings. The largest absolute Gasteiger partial charge is 0.490 e. The van der Waals surface area contributed by atoms with E-state index in [1.54, 1.807) is 0 Å². The van der Waals surface area contributed by atoms with Gasteiger partial charge in [-0.1, -0.05) is 21.6 Å². The van der Waals surface area contributed by atoms with Crippen LogP contribution in [-0.4, -0.2) is 106 Å². The number of carbonyl (C=O) groups excluding carboxylic acids is 1. The van der Waals surface area contributed by atoms with Gasteiger partial charge in [0.2, 0.25) is 5.91 Å². The molecule has 46 heavy (non-hydrogen) atoms. The van der Waals surface area contributed by atoms with Gasteiger partial charge >= 0.3 is 23.5 Å². The van der Waals surface area contributed by atoms with Gasteiger partial charge in [-0.3, -0.25) is 13.9 Å². The first-order valence-corrected chi connectivity index (χ1v) is 20.0. The van der Waals surface area contributed by atoms with Crippen LogP contribution in [-0.2, 0) is 45.8 Å². The van der Waals surface area contributed by atoms with E-state index < -0.39 is 53.3 Å². The molecule has 0 aromatic carbocycles. The molecular weight excluding hydrogens is 721 g/mol. The van der Waals surface area contributed by atoms with Gasteiger partial charge in [0.25, 0.3) is 0 Å². The molecule has 1 amide bonds. The van der Waals surface area contributed by atoms with Gasteiger partial charge in [-0.15, -0.1) is 0 Å². The molecule has 1 aliphatic rings. The van der Waals surface area contributed by atoms with Crippen LogP contribution in [0.2, 0.25) is 0 Å². The third-order valence-corrected chi connectivity index (χ3v) is 12.5. The molecule has 1 fully saturated rings. The van der Waals surface area contributed by atoms with E-state index in [4.69, 9.17) is 39.4 Å². The summed E-state index contributed by atoms with van der Waals surface area (Å²) in [5, 5.41) is 11.5. The molecule has 1 saturated heterocycles. The fourth-order valence-electron chi connectivity index (χ4n) is 3.81. The smallest absolute Gasteiger partial charge is 0.394 e. The number of nitrogens with one attached hydrogen (secondary N) is 1. The summed E-state index contributed by atoms with van der Waals surface area (Å²) in [4.78, 5) is 61.1. The zero-order valence-corrected chi connectivity index (χ0v) is 28.7. The van der Waals surface area contributed by atoms with E-state index >= 15 is 0 Å². The second-order valence-corrected chi connectivity index (χ2v) is 17.4. The van der Waals surface area contributed by atoms with Gasteiger partial charge in [0.15, 0.2) is 11.5 Å². The molecule has 0 aliphatic carbocycles. The standard InChI is InChI=1S/C20H35N6O15P3S2/c1-20(2,9-22-15(28)3-5-36-6-4-27)46-45-12-37-13-7-16(26-11-25-17-18(21)23-10-24-19(17)26)39-14(13)8-38-43(32,33)41-44(34,35)40-42(29,30)31/h10-11,13-14,16,27H,3-9,12H2,1-2H3,(H,22,28)(H,32,33)(H,34,35)(H2,21,23,24)(H2,29,30,31)/t13-,14?,16-/m1/s1. The lowest BCUT2D eigenvalue weighted by molar-refractivity contribution is -0.122. The molecule has 0 radical (unpaired) electrons. The number of anilines is 1. The Morgan fingerprint density at radius 3 is 2.59 bits per heavy atom. The Kier molecular flexibility index (Phi) is 14.4. The predicted molar refractivity (Wildman–Crippen MR) is 163 cm³/mol. The number of aliphatic hydroxyl groups excluding tert-OH is 1. The fourth-order valence-corrected chi connectivity index (χ4v) is 9.01. The number of hydrogen-bond acceptors (Lipinski definition) is 17. The molecule has 0 bridgehead atoms. The van der Waals surface area contributed by atoms with Crippen molar-refractivity contribution >= 4 is 67.9 Å². The number of phosphoric acid groups is 3. The van der Waals surface area contributed by atoms with Gasteiger partial charge in [0.05, 0.1) is 38.9 Å². The average Bonchev–Trinajstić information content (AvgIpc) is 3.54. The average molecular weight is 757 g/mol. The second kappa shape index (κ2) is 16.9. The lowest BCUT2D eigenvalue weighted by Crippen LogP contribution is -2.36. The summed E-state index contributed by atoms with van der Waals surface area (Å²) in [6.07, 6.45) is 0.289. The van der Waals surface area contributed by atoms with Crippen molar-refractivity contribution in [2.24, 2.45) is 0 Å². The van der Waals surface area contributed by atoms with E-state index in [9.17, 15) is 28.3 Å². The number of hydrogen-bond donors (Lipinski definition) is 7. The SMILES string of the molecule is CC(C)(CNC(=O)CCOCCO)SSCO[C@@H]1C[C@H](n2cnc3c(N)ncnc32)OC1COP(=O)(O)OP(=O)(O)OP(=O)(O)O. The van der Waals surface area contributed by atoms with Crippen molar-refractivity contribution in [3.8, 4) is 0 Å². The number of nitrogens with two attached hydrogens (primary N) is 1. The van der Waals surface area contributed by atoms with Crippen LogP contribution < -0.4 is 11.1 Å². The fraction of sp³-hybridized carbons (Fsp3) is 0.700. The highest BCUT2D eigenvalue weighted by Crippen LogP contribution is 2.66. The number of phosphoric ester groups is 1. The number of imidazole rings is 1. The lowest BCUT2D eigenvalue weighted by Gasteiger charge is -2.24. The van der Waals surface area contributed by atoms with Crippen molar-refractivity contribution in [3.63, 3.8) is 0 Å². The number of nitrogens with zero attached hydrogens (tertiary/aromatic N) is 4. The Labute approximate surface area is 270 Å². The third-order valence-electron chi connectivity index (χ3n) is 5.73. The topological polar surface area (TPSA) is 306 Å². The number of aliphatic hydroxyl groups is 1. The minimum atomic E-state index is -5.71. The monoisotopic (exact) mass is 756 g/mol. The second-order valence-electron chi connectivity index (χ2n) is 9.98. The first-order chi connectivity index (χ1) is 21.4. The van der Waals surface area contributed by atoms with Crippen LogP contribution in [0.4, 0.5) is 5.82 Å². The van der Waals surface area contributed by atoms with Crippen LogP contribution in [0.15, 0.2) is 12.7 Å². The Hall–Kier alpha value is -1.23. The van der Waals surface area contributed by atoms with E-state index in [-0.39, 0.29) is 50.3 Å². The number of amides is 1. The summed E-state index contributed by atoms with van der Waals surface area (Å²) < 4.78 is 65.4. The Bertz CT molecular complexity index is 1470. The molecule has 26 heteroatoms. The molecule has 8 N–H and O–H groups in total. The maximum Gasteiger partial charge on any atom is 0.490 e. The van der Waals surface area contributed by atoms with E-state index in [1.165, 1.54) is 38.8 Å². The van der Waals surface area contributed by atoms with Gasteiger partial charge in [0, 0.05) is 24.1 Å². The molecule has 0 spiro atoms. The Morgan fingerprint density at radius 2 is 1.89 bits per heavy atom. The third kappa shape index (κ3) is 13.0. The minimum absolute atomic E-state index is 0.0866. The number of ether oxygens (including phenoxy) is 3. The van der Waals surface area contributed by atoms with Crippen LogP contribution in [0.5, 0.6) is 0 Å². The molecule has 5 atom stereocenters. The molecule has 262 valence electrons. The molecule has 1 aliphatic heterocycles. The van der Waals surface area contributed by atoms with Crippen molar-refractivity contribution in [3.05, 3.63) is 12.7 Å². The molecule has 0 saturated carbocycles. The summed E-state index contributed by atoms with van der Waals surface area (Å²) in [6.45, 7) is 3.63. The Morgan fingerprint density at radius 1 is 1.15 bits per heavy atom. The summed E-state index contributed by atoms with van der Waals surface area (Å²) in [5.74, 6) is 0.00416. The highest BCUT2D eigenvalue weighted by atomic mass is 33.1. The van der Waals surface area contributed by atoms with Crippen LogP contribution in [0.25, 0.3) is 11.2 Å². The zero-order valence-electron chi connectivity index (χ0n) is 24.4. The lowest BCUT2D eigenvalue weighted by atomic mass is 10.2. The summed E-state index contributed by atoms with van der Waals surface area (Å²) >= 11 is 0. The minimum Gasteiger partial charge on any atom is -0.394 e. The van der Waals surface area contributed by atoms with Crippen LogP contribution >= 0.6 is 45.1 Å². The molecule has 3 rings (SSSR count). The molecule has 3 heterocycles. The van der Waals surface area contributed by atoms with Crippen molar-refractivity contribution in [1.29, 1.82) is 0 Å². The van der Waals surface area contributed by atoms with E-state index in [2.05, 4.69) is 28.9 Å². The quantitative estimate of drug-likeness (QED) is 0.0430. The zero-order chi connectivity index (χ0) is 34.2. The van der Waals surface area contributed by atoms with Gasteiger partial charge in [0.1, 0.15) is 30.1 Å². The summed E-state index contributed by atoms with van der Waals surface area (Å²) in [6, 6.07) is 0. The highest BCUT2D eigenvalue weighted by Gasteiger charge is 2.43. The first-order valence-electron chi connectivity index (χ1n) is 13.1. The predicted octanol–water partition coefficient (Wildman–Crippen LogP) is 1.06. The van der Waals surface area contributed by atoms with Gasteiger partial charge in [-0.25, -0.2) is 28.6 Å². The van der Waals surface area contributed by atoms with Crippen molar-refractivity contribution in [1.82, 2.24) is 24.8 Å². The van der Waals surface area contributed by atoms with E-state index in [0.717, 1.165) is 0 Å². The molecular formula is C20H35N6O15P3S2. The van der Waals surface area contributed by atoms with Crippen LogP contribution in [0.1, 0.15) is 32.9 Å². The Balaban J connectivity index is 1.61. The van der Waals surface area contributed by atoms with E-state index in [1.807, 2.05) is 13.8 Å². The van der Waals surface area contributed by atoms with Crippen LogP contribution in [0.3, 0.4) is 0 Å². The first kappa shape index (κ1) is 39.2. The summed E-state index contributed by atoms with van der Waals surface area (Å²) in [5.41, 5.74) is 6.50. The highest BCUT2D eigenvalue weighted by molar-refractivity contribution is 8.77. The molecule has 21 nitrogen and oxygen atoms in total. The maximum atomic E-state index is 12.3. The number of fused-ring (bicyclic) bond motifs is 1. The molecule has 3 unspecified atom stereocenters. The number of aromatic nitrogens is 4. The summed E-state index contributed by atoms with van der Waals surface area (Å²) in [7, 11) is -14.0. The number of carbonyl (C=O) groups is 1. The normalized spacial score (nSPS) is 21.7. The van der Waals surface area contributed by atoms with Gasteiger partial charge < -0.3 is 49.9 Å². The maximum absolute atomic E-state index is 12.3. The number of nitrogen functional groups attached to an aromatic ring is 1. The van der Waals surface area contributed by atoms with Crippen molar-refractivity contribution in [2.45, 2.75) is 49.9 Å². The van der Waals surface area contributed by atoms with E-state index in [0.29, 0.717) is 17.7 Å².